The number of hydrogen-bond donors (Lipinski definition) is 0. The lowest BCUT2D eigenvalue weighted by Gasteiger charge is -2.34. The van der Waals surface area contributed by atoms with E-state index >= 15 is 0 Å². The van der Waals surface area contributed by atoms with Gasteiger partial charge in [0.25, 0.3) is 0 Å². The minimum absolute atomic E-state index is 0.107. The van der Waals surface area contributed by atoms with E-state index in [9.17, 15) is 4.79 Å². The molecule has 2 aromatic rings. The summed E-state index contributed by atoms with van der Waals surface area (Å²) in [7, 11) is 0. The highest BCUT2D eigenvalue weighted by atomic mass is 16.5. The Morgan fingerprint density at radius 3 is 2.44 bits per heavy atom. The van der Waals surface area contributed by atoms with Crippen LogP contribution in [0, 0.1) is 5.92 Å². The van der Waals surface area contributed by atoms with Crippen molar-refractivity contribution in [2.45, 2.75) is 19.4 Å². The van der Waals surface area contributed by atoms with Gasteiger partial charge in [0.2, 0.25) is 0 Å². The minimum Gasteiger partial charge on any atom is -0.493 e. The summed E-state index contributed by atoms with van der Waals surface area (Å²) in [6.07, 6.45) is 5.42. The Labute approximate surface area is 160 Å². The molecule has 0 spiro atoms. The van der Waals surface area contributed by atoms with Gasteiger partial charge in [-0.1, -0.05) is 79.4 Å². The highest BCUT2D eigenvalue weighted by Crippen LogP contribution is 2.40. The second-order valence-corrected chi connectivity index (χ2v) is 6.41. The Hall–Kier alpha value is -3.07. The average molecular weight is 360 g/mol. The molecule has 1 aliphatic rings. The van der Waals surface area contributed by atoms with Crippen molar-refractivity contribution in [3.05, 3.63) is 108 Å². The highest BCUT2D eigenvalue weighted by molar-refractivity contribution is 5.79. The molecule has 1 heterocycles. The van der Waals surface area contributed by atoms with Crippen molar-refractivity contribution in [1.82, 2.24) is 0 Å². The van der Waals surface area contributed by atoms with Crippen LogP contribution in [-0.4, -0.2) is 12.6 Å². The van der Waals surface area contributed by atoms with E-state index in [0.29, 0.717) is 12.4 Å². The summed E-state index contributed by atoms with van der Waals surface area (Å²) < 4.78 is 11.6. The van der Waals surface area contributed by atoms with Gasteiger partial charge in [0.15, 0.2) is 0 Å². The first kappa shape index (κ1) is 18.7. The predicted molar refractivity (Wildman–Crippen MR) is 107 cm³/mol. The third-order valence-corrected chi connectivity index (χ3v) is 4.71. The maximum Gasteiger partial charge on any atom is 0.314 e. The highest BCUT2D eigenvalue weighted by Gasteiger charge is 2.39. The van der Waals surface area contributed by atoms with E-state index in [-0.39, 0.29) is 18.5 Å². The molecule has 1 saturated heterocycles. The van der Waals surface area contributed by atoms with Gasteiger partial charge < -0.3 is 9.47 Å². The molecule has 0 bridgehead atoms. The van der Waals surface area contributed by atoms with Crippen LogP contribution < -0.4 is 0 Å². The van der Waals surface area contributed by atoms with E-state index in [4.69, 9.17) is 9.47 Å². The molecule has 27 heavy (non-hydrogen) atoms. The van der Waals surface area contributed by atoms with Gasteiger partial charge in [-0.05, 0) is 24.1 Å². The van der Waals surface area contributed by atoms with Crippen molar-refractivity contribution >= 4 is 5.97 Å². The quantitative estimate of drug-likeness (QED) is 0.690. The summed E-state index contributed by atoms with van der Waals surface area (Å²) in [6, 6.07) is 19.7. The topological polar surface area (TPSA) is 35.5 Å². The fraction of sp³-hybridized carbons (Fsp3) is 0.208. The van der Waals surface area contributed by atoms with Crippen LogP contribution in [0.5, 0.6) is 0 Å². The van der Waals surface area contributed by atoms with Crippen molar-refractivity contribution in [2.24, 2.45) is 5.92 Å². The molecule has 0 N–H and O–H groups in total. The van der Waals surface area contributed by atoms with E-state index in [1.54, 1.807) is 6.08 Å². The SMILES string of the molecule is C=CC=C1/C(=C\C)OCC(c2ccccc2)C1C(=O)OCc1ccccc1. The van der Waals surface area contributed by atoms with Crippen LogP contribution in [0.15, 0.2) is 96.8 Å². The molecule has 3 nitrogen and oxygen atoms in total. The van der Waals surface area contributed by atoms with Gasteiger partial charge in [-0.15, -0.1) is 0 Å². The van der Waals surface area contributed by atoms with E-state index < -0.39 is 5.92 Å². The molecule has 0 saturated carbocycles. The van der Waals surface area contributed by atoms with Crippen molar-refractivity contribution in [1.29, 1.82) is 0 Å². The molecule has 2 unspecified atom stereocenters. The van der Waals surface area contributed by atoms with Crippen LogP contribution in [0.1, 0.15) is 24.0 Å². The molecule has 0 radical (unpaired) electrons. The first-order chi connectivity index (χ1) is 13.2. The van der Waals surface area contributed by atoms with E-state index in [1.807, 2.05) is 79.7 Å². The molecule has 0 aliphatic carbocycles. The predicted octanol–water partition coefficient (Wildman–Crippen LogP) is 5.18. The Morgan fingerprint density at radius 2 is 1.81 bits per heavy atom. The molecule has 1 aliphatic heterocycles. The molecule has 3 rings (SSSR count). The fourth-order valence-corrected chi connectivity index (χ4v) is 3.39. The molecule has 1 fully saturated rings. The lowest BCUT2D eigenvalue weighted by molar-refractivity contribution is -0.150. The minimum atomic E-state index is -0.436. The van der Waals surface area contributed by atoms with Gasteiger partial charge in [0.05, 0.1) is 12.5 Å². The van der Waals surface area contributed by atoms with E-state index in [1.165, 1.54) is 0 Å². The Morgan fingerprint density at radius 1 is 1.15 bits per heavy atom. The van der Waals surface area contributed by atoms with Crippen LogP contribution in [0.3, 0.4) is 0 Å². The van der Waals surface area contributed by atoms with Gasteiger partial charge in [-0.25, -0.2) is 0 Å². The van der Waals surface area contributed by atoms with Crippen molar-refractivity contribution in [3.63, 3.8) is 0 Å². The summed E-state index contributed by atoms with van der Waals surface area (Å²) in [5.74, 6) is -0.0781. The number of allylic oxidation sites excluding steroid dienone is 4. The normalized spacial score (nSPS) is 22.3. The maximum absolute atomic E-state index is 13.1. The molecular weight excluding hydrogens is 336 g/mol. The Balaban J connectivity index is 1.91. The smallest absolute Gasteiger partial charge is 0.314 e. The number of ether oxygens (including phenoxy) is 2. The number of esters is 1. The summed E-state index contributed by atoms with van der Waals surface area (Å²) in [5.41, 5.74) is 2.84. The van der Waals surface area contributed by atoms with Crippen LogP contribution in [0.4, 0.5) is 0 Å². The lowest BCUT2D eigenvalue weighted by Crippen LogP contribution is -2.34. The molecule has 2 aromatic carbocycles. The number of hydrogen-bond acceptors (Lipinski definition) is 3. The lowest BCUT2D eigenvalue weighted by atomic mass is 9.78. The third-order valence-electron chi connectivity index (χ3n) is 4.71. The monoisotopic (exact) mass is 360 g/mol. The van der Waals surface area contributed by atoms with Gasteiger partial charge in [0, 0.05) is 11.5 Å². The number of benzene rings is 2. The van der Waals surface area contributed by atoms with Gasteiger partial charge in [0.1, 0.15) is 12.4 Å². The van der Waals surface area contributed by atoms with Crippen LogP contribution >= 0.6 is 0 Å². The van der Waals surface area contributed by atoms with Gasteiger partial charge in [-0.3, -0.25) is 4.79 Å². The first-order valence-electron chi connectivity index (χ1n) is 9.12. The fourth-order valence-electron chi connectivity index (χ4n) is 3.39. The van der Waals surface area contributed by atoms with Crippen molar-refractivity contribution < 1.29 is 14.3 Å². The second kappa shape index (κ2) is 9.04. The zero-order valence-corrected chi connectivity index (χ0v) is 15.5. The number of carbonyl (C=O) groups is 1. The second-order valence-electron chi connectivity index (χ2n) is 6.41. The molecule has 3 heteroatoms. The molecule has 138 valence electrons. The molecule has 2 atom stereocenters. The summed E-state index contributed by atoms with van der Waals surface area (Å²) >= 11 is 0. The van der Waals surface area contributed by atoms with E-state index in [2.05, 4.69) is 6.58 Å². The van der Waals surface area contributed by atoms with E-state index in [0.717, 1.165) is 16.7 Å². The maximum atomic E-state index is 13.1. The average Bonchev–Trinajstić information content (AvgIpc) is 2.73. The third kappa shape index (κ3) is 4.37. The Bertz CT molecular complexity index is 834. The van der Waals surface area contributed by atoms with Crippen molar-refractivity contribution in [2.75, 3.05) is 6.61 Å². The zero-order valence-electron chi connectivity index (χ0n) is 15.5. The van der Waals surface area contributed by atoms with Crippen molar-refractivity contribution in [3.8, 4) is 0 Å². The standard InChI is InChI=1S/C24H24O3/c1-3-11-20-22(4-2)26-17-21(19-14-9-6-10-15-19)23(20)24(25)27-16-18-12-7-5-8-13-18/h3-15,21,23H,1,16-17H2,2H3/b20-11?,22-4+. The Kier molecular flexibility index (Phi) is 6.26. The zero-order chi connectivity index (χ0) is 19.1. The van der Waals surface area contributed by atoms with Crippen LogP contribution in [0.25, 0.3) is 0 Å². The van der Waals surface area contributed by atoms with Crippen LogP contribution in [-0.2, 0) is 20.9 Å². The summed E-state index contributed by atoms with van der Waals surface area (Å²) in [4.78, 5) is 13.1. The molecule has 0 aromatic heterocycles. The van der Waals surface area contributed by atoms with Gasteiger partial charge in [-0.2, -0.15) is 0 Å². The number of rotatable bonds is 5. The largest absolute Gasteiger partial charge is 0.493 e. The van der Waals surface area contributed by atoms with Crippen LogP contribution in [0.2, 0.25) is 0 Å². The molecular formula is C24H24O3. The first-order valence-corrected chi connectivity index (χ1v) is 9.12. The van der Waals surface area contributed by atoms with Gasteiger partial charge >= 0.3 is 5.97 Å². The molecule has 0 amide bonds. The summed E-state index contributed by atoms with van der Waals surface area (Å²) in [5, 5.41) is 0. The summed E-state index contributed by atoms with van der Waals surface area (Å²) in [6.45, 7) is 6.39. The number of carbonyl (C=O) groups excluding carboxylic acids is 1.